The van der Waals surface area contributed by atoms with Gasteiger partial charge in [0.15, 0.2) is 0 Å². The maximum absolute atomic E-state index is 9.02. The Labute approximate surface area is 96.6 Å². The molecule has 1 unspecified atom stereocenters. The van der Waals surface area contributed by atoms with Crippen molar-refractivity contribution in [3.8, 4) is 6.07 Å². The number of anilines is 1. The van der Waals surface area contributed by atoms with E-state index in [-0.39, 0.29) is 6.04 Å². The van der Waals surface area contributed by atoms with E-state index in [1.807, 2.05) is 32.3 Å². The third-order valence-corrected chi connectivity index (χ3v) is 2.91. The highest BCUT2D eigenvalue weighted by Crippen LogP contribution is 2.27. The molecule has 0 saturated carbocycles. The van der Waals surface area contributed by atoms with E-state index in [1.165, 1.54) is 0 Å². The second-order valence-electron chi connectivity index (χ2n) is 3.96. The Morgan fingerprint density at radius 1 is 1.50 bits per heavy atom. The molecule has 88 valence electrons. The van der Waals surface area contributed by atoms with E-state index >= 15 is 0 Å². The van der Waals surface area contributed by atoms with E-state index in [0.29, 0.717) is 24.6 Å². The third-order valence-electron chi connectivity index (χ3n) is 2.91. The van der Waals surface area contributed by atoms with Crippen molar-refractivity contribution in [1.82, 2.24) is 4.57 Å². The number of aromatic nitrogens is 1. The van der Waals surface area contributed by atoms with E-state index < -0.39 is 0 Å². The molecule has 0 aliphatic heterocycles. The molecule has 0 saturated heterocycles. The molecule has 1 aromatic rings. The number of ether oxygens (including phenoxy) is 1. The van der Waals surface area contributed by atoms with E-state index in [4.69, 9.17) is 15.7 Å². The average Bonchev–Trinajstić information content (AvgIpc) is 2.47. The molecule has 4 heteroatoms. The lowest BCUT2D eigenvalue weighted by atomic mass is 10.2. The van der Waals surface area contributed by atoms with Gasteiger partial charge in [-0.2, -0.15) is 5.26 Å². The number of nitrogens with two attached hydrogens (primary N) is 1. The molecular formula is C12H19N3O. The van der Waals surface area contributed by atoms with Crippen molar-refractivity contribution in [1.29, 1.82) is 5.26 Å². The summed E-state index contributed by atoms with van der Waals surface area (Å²) >= 11 is 0. The average molecular weight is 221 g/mol. The molecule has 16 heavy (non-hydrogen) atoms. The summed E-state index contributed by atoms with van der Waals surface area (Å²) in [5, 5.41) is 9.02. The fourth-order valence-electron chi connectivity index (χ4n) is 1.93. The van der Waals surface area contributed by atoms with Crippen LogP contribution in [0, 0.1) is 25.2 Å². The summed E-state index contributed by atoms with van der Waals surface area (Å²) in [4.78, 5) is 0. The van der Waals surface area contributed by atoms with Gasteiger partial charge in [0.05, 0.1) is 18.2 Å². The van der Waals surface area contributed by atoms with Crippen LogP contribution in [-0.2, 0) is 4.74 Å². The number of nitrogens with zero attached hydrogens (tertiary/aromatic N) is 2. The van der Waals surface area contributed by atoms with Gasteiger partial charge in [-0.15, -0.1) is 0 Å². The highest BCUT2D eigenvalue weighted by atomic mass is 16.5. The standard InChI is InChI=1S/C12H19N3O/c1-5-16-7-8(2)15-10(4)9(3)11(6-13)12(15)14/h8H,5,7,14H2,1-4H3. The number of rotatable bonds is 4. The summed E-state index contributed by atoms with van der Waals surface area (Å²) in [5.74, 6) is 0.546. The van der Waals surface area contributed by atoms with Gasteiger partial charge in [0.2, 0.25) is 0 Å². The topological polar surface area (TPSA) is 64.0 Å². The van der Waals surface area contributed by atoms with Crippen LogP contribution in [0.5, 0.6) is 0 Å². The molecule has 1 heterocycles. The van der Waals surface area contributed by atoms with Crippen LogP contribution in [0.25, 0.3) is 0 Å². The summed E-state index contributed by atoms with van der Waals surface area (Å²) in [6.07, 6.45) is 0. The minimum absolute atomic E-state index is 0.153. The Hall–Kier alpha value is -1.47. The van der Waals surface area contributed by atoms with Gasteiger partial charge in [-0.3, -0.25) is 0 Å². The van der Waals surface area contributed by atoms with Gasteiger partial charge in [0, 0.05) is 12.3 Å². The first-order valence-corrected chi connectivity index (χ1v) is 5.49. The Morgan fingerprint density at radius 2 is 2.12 bits per heavy atom. The molecular weight excluding hydrogens is 202 g/mol. The van der Waals surface area contributed by atoms with Gasteiger partial charge in [0.1, 0.15) is 11.9 Å². The minimum Gasteiger partial charge on any atom is -0.384 e. The van der Waals surface area contributed by atoms with Crippen LogP contribution < -0.4 is 5.73 Å². The molecule has 1 aromatic heterocycles. The molecule has 1 atom stereocenters. The van der Waals surface area contributed by atoms with Crippen LogP contribution in [0.4, 0.5) is 5.82 Å². The number of hydrogen-bond donors (Lipinski definition) is 1. The lowest BCUT2D eigenvalue weighted by molar-refractivity contribution is 0.119. The quantitative estimate of drug-likeness (QED) is 0.847. The van der Waals surface area contributed by atoms with Crippen LogP contribution in [-0.4, -0.2) is 17.8 Å². The second-order valence-corrected chi connectivity index (χ2v) is 3.96. The van der Waals surface area contributed by atoms with Gasteiger partial charge in [-0.1, -0.05) is 0 Å². The Morgan fingerprint density at radius 3 is 2.56 bits per heavy atom. The second kappa shape index (κ2) is 5.04. The predicted octanol–water partition coefficient (Wildman–Crippen LogP) is 2.16. The van der Waals surface area contributed by atoms with Crippen molar-refractivity contribution in [2.75, 3.05) is 18.9 Å². The van der Waals surface area contributed by atoms with Crippen LogP contribution in [0.3, 0.4) is 0 Å². The van der Waals surface area contributed by atoms with Gasteiger partial charge in [-0.25, -0.2) is 0 Å². The number of nitrogen functional groups attached to an aromatic ring is 1. The Bertz CT molecular complexity index is 415. The molecule has 0 amide bonds. The maximum Gasteiger partial charge on any atom is 0.122 e. The van der Waals surface area contributed by atoms with E-state index in [9.17, 15) is 0 Å². The molecule has 0 fully saturated rings. The molecule has 0 aliphatic rings. The molecule has 0 radical (unpaired) electrons. The van der Waals surface area contributed by atoms with Crippen molar-refractivity contribution >= 4 is 5.82 Å². The summed E-state index contributed by atoms with van der Waals surface area (Å²) in [5.41, 5.74) is 8.56. The third kappa shape index (κ3) is 2.05. The zero-order valence-electron chi connectivity index (χ0n) is 10.4. The predicted molar refractivity (Wildman–Crippen MR) is 64.2 cm³/mol. The van der Waals surface area contributed by atoms with Gasteiger partial charge >= 0.3 is 0 Å². The van der Waals surface area contributed by atoms with Crippen molar-refractivity contribution in [2.45, 2.75) is 33.7 Å². The number of hydrogen-bond acceptors (Lipinski definition) is 3. The van der Waals surface area contributed by atoms with Crippen molar-refractivity contribution < 1.29 is 4.74 Å². The minimum atomic E-state index is 0.153. The fourth-order valence-corrected chi connectivity index (χ4v) is 1.93. The number of nitriles is 1. The SMILES string of the molecule is CCOCC(C)n1c(C)c(C)c(C#N)c1N. The van der Waals surface area contributed by atoms with Crippen LogP contribution in [0.1, 0.15) is 36.7 Å². The summed E-state index contributed by atoms with van der Waals surface area (Å²) < 4.78 is 7.36. The highest BCUT2D eigenvalue weighted by Gasteiger charge is 2.18. The van der Waals surface area contributed by atoms with Gasteiger partial charge in [0.25, 0.3) is 0 Å². The van der Waals surface area contributed by atoms with Crippen molar-refractivity contribution in [2.24, 2.45) is 0 Å². The Balaban J connectivity index is 3.10. The van der Waals surface area contributed by atoms with Crippen molar-refractivity contribution in [3.63, 3.8) is 0 Å². The van der Waals surface area contributed by atoms with Gasteiger partial charge in [-0.05, 0) is 33.3 Å². The first kappa shape index (κ1) is 12.6. The summed E-state index contributed by atoms with van der Waals surface area (Å²) in [7, 11) is 0. The smallest absolute Gasteiger partial charge is 0.122 e. The largest absolute Gasteiger partial charge is 0.384 e. The molecule has 0 aromatic carbocycles. The lowest BCUT2D eigenvalue weighted by Gasteiger charge is -2.17. The highest BCUT2D eigenvalue weighted by molar-refractivity contribution is 5.58. The monoisotopic (exact) mass is 221 g/mol. The Kier molecular flexibility index (Phi) is 3.97. The molecule has 1 rings (SSSR count). The molecule has 0 aliphatic carbocycles. The first-order chi connectivity index (χ1) is 7.54. The maximum atomic E-state index is 9.02. The normalized spacial score (nSPS) is 12.4. The fraction of sp³-hybridized carbons (Fsp3) is 0.583. The zero-order valence-corrected chi connectivity index (χ0v) is 10.4. The molecule has 0 bridgehead atoms. The zero-order chi connectivity index (χ0) is 12.3. The lowest BCUT2D eigenvalue weighted by Crippen LogP contribution is -2.15. The first-order valence-electron chi connectivity index (χ1n) is 5.49. The van der Waals surface area contributed by atoms with E-state index in [1.54, 1.807) is 0 Å². The molecule has 2 N–H and O–H groups in total. The summed E-state index contributed by atoms with van der Waals surface area (Å²) in [6, 6.07) is 2.30. The van der Waals surface area contributed by atoms with Crippen LogP contribution in [0.2, 0.25) is 0 Å². The summed E-state index contributed by atoms with van der Waals surface area (Å²) in [6.45, 7) is 9.21. The molecule has 4 nitrogen and oxygen atoms in total. The van der Waals surface area contributed by atoms with Crippen molar-refractivity contribution in [3.05, 3.63) is 16.8 Å². The van der Waals surface area contributed by atoms with Crippen LogP contribution >= 0.6 is 0 Å². The van der Waals surface area contributed by atoms with E-state index in [2.05, 4.69) is 6.07 Å². The van der Waals surface area contributed by atoms with Crippen LogP contribution in [0.15, 0.2) is 0 Å². The van der Waals surface area contributed by atoms with E-state index in [0.717, 1.165) is 11.3 Å². The van der Waals surface area contributed by atoms with Gasteiger partial charge < -0.3 is 15.0 Å². The molecule has 0 spiro atoms.